The average Bonchev–Trinajstić information content (AvgIpc) is 3.36. The number of aldehydes is 1. The molecule has 3 aliphatic rings. The molecule has 0 radical (unpaired) electrons. The number of nitrogens with zero attached hydrogens (tertiary/aromatic N) is 1. The number of fused-ring (bicyclic) bond motifs is 2. The van der Waals surface area contributed by atoms with Gasteiger partial charge in [-0.2, -0.15) is 0 Å². The summed E-state index contributed by atoms with van der Waals surface area (Å²) in [4.78, 5) is 16.1. The van der Waals surface area contributed by atoms with Gasteiger partial charge in [-0.1, -0.05) is 57.6 Å². The molecule has 4 rings (SSSR count). The topological polar surface area (TPSA) is 42.6 Å². The summed E-state index contributed by atoms with van der Waals surface area (Å²) < 4.78 is 5.64. The fourth-order valence-corrected chi connectivity index (χ4v) is 4.96. The van der Waals surface area contributed by atoms with Crippen LogP contribution in [0.3, 0.4) is 0 Å². The summed E-state index contributed by atoms with van der Waals surface area (Å²) in [7, 11) is 0. The van der Waals surface area contributed by atoms with Crippen molar-refractivity contribution in [3.63, 3.8) is 0 Å². The van der Waals surface area contributed by atoms with Crippen LogP contribution in [-0.2, 0) is 6.42 Å². The van der Waals surface area contributed by atoms with Crippen molar-refractivity contribution in [2.24, 2.45) is 10.9 Å². The van der Waals surface area contributed by atoms with E-state index in [2.05, 4.69) is 19.1 Å². The molecule has 3 nitrogen and oxygen atoms in total. The molecule has 2 heterocycles. The molecule has 154 valence electrons. The Balaban J connectivity index is 1.51. The lowest BCUT2D eigenvalue weighted by molar-refractivity contribution is 0.109. The van der Waals surface area contributed by atoms with E-state index in [1.165, 1.54) is 92.3 Å². The second-order valence-corrected chi connectivity index (χ2v) is 8.65. The highest BCUT2D eigenvalue weighted by molar-refractivity contribution is 6.06. The average molecular weight is 392 g/mol. The number of rotatable bonds is 10. The number of furan rings is 1. The van der Waals surface area contributed by atoms with Crippen molar-refractivity contribution in [3.05, 3.63) is 58.2 Å². The van der Waals surface area contributed by atoms with E-state index in [9.17, 15) is 4.79 Å². The van der Waals surface area contributed by atoms with Crippen LogP contribution in [0.25, 0.3) is 0 Å². The molecule has 29 heavy (non-hydrogen) atoms. The van der Waals surface area contributed by atoms with Crippen LogP contribution in [0.1, 0.15) is 93.9 Å². The summed E-state index contributed by atoms with van der Waals surface area (Å²) in [5, 5.41) is 0. The molecule has 0 aromatic carbocycles. The van der Waals surface area contributed by atoms with E-state index in [0.717, 1.165) is 18.5 Å². The van der Waals surface area contributed by atoms with E-state index >= 15 is 0 Å². The van der Waals surface area contributed by atoms with Crippen molar-refractivity contribution in [2.75, 3.05) is 0 Å². The highest BCUT2D eigenvalue weighted by Crippen LogP contribution is 2.44. The maximum atomic E-state index is 10.9. The van der Waals surface area contributed by atoms with Gasteiger partial charge in [0, 0.05) is 18.1 Å². The van der Waals surface area contributed by atoms with Crippen molar-refractivity contribution < 1.29 is 9.21 Å². The summed E-state index contributed by atoms with van der Waals surface area (Å²) in [5.41, 5.74) is 6.83. The monoisotopic (exact) mass is 391 g/mol. The Kier molecular flexibility index (Phi) is 6.63. The number of unbranched alkanes of at least 4 members (excludes halogenated alkanes) is 5. The molecule has 1 aromatic rings. The van der Waals surface area contributed by atoms with Crippen LogP contribution in [0.4, 0.5) is 0 Å². The van der Waals surface area contributed by atoms with Gasteiger partial charge in [0.1, 0.15) is 5.76 Å². The minimum absolute atomic E-state index is 0.399. The molecule has 0 spiro atoms. The van der Waals surface area contributed by atoms with Crippen LogP contribution < -0.4 is 0 Å². The van der Waals surface area contributed by atoms with E-state index in [4.69, 9.17) is 9.41 Å². The lowest BCUT2D eigenvalue weighted by atomic mass is 9.79. The number of carbonyl (C=O) groups excluding carboxylic acids is 1. The minimum Gasteiger partial charge on any atom is -0.458 e. The van der Waals surface area contributed by atoms with Crippen LogP contribution in [0, 0.1) is 5.92 Å². The third-order valence-electron chi connectivity index (χ3n) is 6.50. The first kappa shape index (κ1) is 20.1. The first-order chi connectivity index (χ1) is 14.3. The Hall–Kier alpha value is -2.16. The molecule has 1 saturated carbocycles. The van der Waals surface area contributed by atoms with Crippen LogP contribution in [0.5, 0.6) is 0 Å². The Morgan fingerprint density at radius 2 is 1.93 bits per heavy atom. The SMILES string of the molecule is CCCCCCCCC1C=CC(Cc2ccc(C=O)o2)=C2N=C3CCCCC3=C21. The molecule has 3 heteroatoms. The quantitative estimate of drug-likeness (QED) is 0.314. The fourth-order valence-electron chi connectivity index (χ4n) is 4.96. The van der Waals surface area contributed by atoms with Gasteiger partial charge in [-0.25, -0.2) is 0 Å². The second-order valence-electron chi connectivity index (χ2n) is 8.65. The van der Waals surface area contributed by atoms with Crippen molar-refractivity contribution in [1.82, 2.24) is 0 Å². The van der Waals surface area contributed by atoms with Gasteiger partial charge in [-0.15, -0.1) is 0 Å². The van der Waals surface area contributed by atoms with Crippen molar-refractivity contribution in [2.45, 2.75) is 84.0 Å². The normalized spacial score (nSPS) is 20.7. The van der Waals surface area contributed by atoms with E-state index in [1.807, 2.05) is 6.07 Å². The van der Waals surface area contributed by atoms with Gasteiger partial charge < -0.3 is 4.42 Å². The summed E-state index contributed by atoms with van der Waals surface area (Å²) in [6.45, 7) is 2.27. The Morgan fingerprint density at radius 3 is 2.76 bits per heavy atom. The Morgan fingerprint density at radius 1 is 1.10 bits per heavy atom. The molecule has 1 atom stereocenters. The molecule has 1 unspecified atom stereocenters. The molecule has 0 amide bonds. The molecule has 1 aromatic heterocycles. The maximum absolute atomic E-state index is 10.9. The van der Waals surface area contributed by atoms with Gasteiger partial charge in [0.05, 0.1) is 5.70 Å². The van der Waals surface area contributed by atoms with E-state index in [-0.39, 0.29) is 0 Å². The molecule has 0 bridgehead atoms. The first-order valence-corrected chi connectivity index (χ1v) is 11.6. The standard InChI is InChI=1S/C26H33NO2/c1-2-3-4-5-6-7-10-19-13-14-20(17-21-15-16-22(18-28)29-21)26-25(19)23-11-8-9-12-24(23)27-26/h13-16,18-19H,2-12,17H2,1H3. The van der Waals surface area contributed by atoms with Crippen LogP contribution in [0.15, 0.2) is 56.1 Å². The van der Waals surface area contributed by atoms with E-state index < -0.39 is 0 Å². The smallest absolute Gasteiger partial charge is 0.185 e. The number of allylic oxidation sites excluding steroid dienone is 5. The molecule has 1 aliphatic heterocycles. The molecule has 2 aliphatic carbocycles. The molecular weight excluding hydrogens is 358 g/mol. The number of hydrogen-bond acceptors (Lipinski definition) is 3. The predicted octanol–water partition coefficient (Wildman–Crippen LogP) is 7.15. The highest BCUT2D eigenvalue weighted by atomic mass is 16.3. The highest BCUT2D eigenvalue weighted by Gasteiger charge is 2.33. The predicted molar refractivity (Wildman–Crippen MR) is 118 cm³/mol. The van der Waals surface area contributed by atoms with Gasteiger partial charge in [0.15, 0.2) is 12.0 Å². The minimum atomic E-state index is 0.399. The van der Waals surface area contributed by atoms with Gasteiger partial charge in [-0.05, 0) is 61.0 Å². The second kappa shape index (κ2) is 9.56. The number of hydrogen-bond donors (Lipinski definition) is 0. The lowest BCUT2D eigenvalue weighted by Crippen LogP contribution is -2.13. The number of carbonyl (C=O) groups is 1. The van der Waals surface area contributed by atoms with Gasteiger partial charge in [-0.3, -0.25) is 9.79 Å². The fraction of sp³-hybridized carbons (Fsp3) is 0.538. The Labute approximate surface area is 174 Å². The summed E-state index contributed by atoms with van der Waals surface area (Å²) in [6, 6.07) is 3.66. The number of aliphatic imine (C=N–C) groups is 1. The molecule has 1 fully saturated rings. The summed E-state index contributed by atoms with van der Waals surface area (Å²) in [6.07, 6.45) is 20.3. The van der Waals surface area contributed by atoms with E-state index in [0.29, 0.717) is 18.1 Å². The Bertz CT molecular complexity index is 865. The third kappa shape index (κ3) is 4.55. The molecular formula is C26H33NO2. The van der Waals surface area contributed by atoms with Crippen LogP contribution in [0.2, 0.25) is 0 Å². The van der Waals surface area contributed by atoms with Crippen LogP contribution in [-0.4, -0.2) is 12.0 Å². The lowest BCUT2D eigenvalue weighted by Gasteiger charge is -2.24. The van der Waals surface area contributed by atoms with Crippen molar-refractivity contribution in [1.29, 1.82) is 0 Å². The zero-order valence-electron chi connectivity index (χ0n) is 17.7. The molecule has 0 saturated heterocycles. The largest absolute Gasteiger partial charge is 0.458 e. The van der Waals surface area contributed by atoms with Crippen molar-refractivity contribution in [3.8, 4) is 0 Å². The van der Waals surface area contributed by atoms with Gasteiger partial charge in [0.25, 0.3) is 0 Å². The van der Waals surface area contributed by atoms with Gasteiger partial charge in [0.2, 0.25) is 0 Å². The summed E-state index contributed by atoms with van der Waals surface area (Å²) >= 11 is 0. The summed E-state index contributed by atoms with van der Waals surface area (Å²) in [5.74, 6) is 1.75. The molecule has 0 N–H and O–H groups in total. The zero-order chi connectivity index (χ0) is 20.1. The van der Waals surface area contributed by atoms with Crippen molar-refractivity contribution >= 4 is 12.0 Å². The zero-order valence-corrected chi connectivity index (χ0v) is 17.7. The van der Waals surface area contributed by atoms with Gasteiger partial charge >= 0.3 is 0 Å². The first-order valence-electron chi connectivity index (χ1n) is 11.6. The maximum Gasteiger partial charge on any atom is 0.185 e. The van der Waals surface area contributed by atoms with E-state index in [1.54, 1.807) is 6.07 Å². The van der Waals surface area contributed by atoms with Crippen LogP contribution >= 0.6 is 0 Å². The third-order valence-corrected chi connectivity index (χ3v) is 6.50.